The van der Waals surface area contributed by atoms with Gasteiger partial charge in [0.25, 0.3) is 5.91 Å². The van der Waals surface area contributed by atoms with Gasteiger partial charge < -0.3 is 14.7 Å². The Morgan fingerprint density at radius 1 is 1.48 bits per heavy atom. The zero-order chi connectivity index (χ0) is 17.0. The Bertz CT molecular complexity index is 594. The minimum atomic E-state index is -1.08. The summed E-state index contributed by atoms with van der Waals surface area (Å²) in [6, 6.07) is 1.43. The third-order valence-corrected chi connectivity index (χ3v) is 4.53. The summed E-state index contributed by atoms with van der Waals surface area (Å²) in [4.78, 5) is 30.1. The van der Waals surface area contributed by atoms with Gasteiger partial charge in [-0.25, -0.2) is 4.79 Å². The van der Waals surface area contributed by atoms with E-state index in [4.69, 9.17) is 9.84 Å². The van der Waals surface area contributed by atoms with Gasteiger partial charge in [-0.05, 0) is 32.3 Å². The standard InChI is InChI=1S/C17H24N2O4/c1-4-6-17(11-23-3)7-5-8-19(17)15(20)14-9-13(16(21)22)10-18-12(14)2/h9-10H,4-8,11H2,1-3H3,(H,21,22). The minimum Gasteiger partial charge on any atom is -0.478 e. The Balaban J connectivity index is 2.38. The smallest absolute Gasteiger partial charge is 0.337 e. The molecule has 1 saturated heterocycles. The van der Waals surface area contributed by atoms with Gasteiger partial charge in [0.05, 0.1) is 29.0 Å². The fourth-order valence-electron chi connectivity index (χ4n) is 3.48. The van der Waals surface area contributed by atoms with Gasteiger partial charge in [0.1, 0.15) is 0 Å². The predicted octanol–water partition coefficient (Wildman–Crippen LogP) is 2.51. The van der Waals surface area contributed by atoms with Crippen LogP contribution in [0.5, 0.6) is 0 Å². The summed E-state index contributed by atoms with van der Waals surface area (Å²) < 4.78 is 5.39. The van der Waals surface area contributed by atoms with Gasteiger partial charge in [0.15, 0.2) is 0 Å². The lowest BCUT2D eigenvalue weighted by molar-refractivity contribution is 0.0253. The Kier molecular flexibility index (Phi) is 5.36. The maximum absolute atomic E-state index is 13.0. The van der Waals surface area contributed by atoms with Gasteiger partial charge in [-0.3, -0.25) is 9.78 Å². The lowest BCUT2D eigenvalue weighted by atomic mass is 9.91. The largest absolute Gasteiger partial charge is 0.478 e. The molecule has 1 fully saturated rings. The highest BCUT2D eigenvalue weighted by Gasteiger charge is 2.43. The molecule has 1 aliphatic heterocycles. The van der Waals surface area contributed by atoms with Crippen LogP contribution in [0.2, 0.25) is 0 Å². The average molecular weight is 320 g/mol. The quantitative estimate of drug-likeness (QED) is 0.871. The van der Waals surface area contributed by atoms with Gasteiger partial charge >= 0.3 is 5.97 Å². The van der Waals surface area contributed by atoms with E-state index in [-0.39, 0.29) is 17.0 Å². The van der Waals surface area contributed by atoms with Gasteiger partial charge in [-0.15, -0.1) is 0 Å². The predicted molar refractivity (Wildman–Crippen MR) is 85.7 cm³/mol. The summed E-state index contributed by atoms with van der Waals surface area (Å²) in [7, 11) is 1.65. The van der Waals surface area contributed by atoms with Crippen LogP contribution in [0.1, 0.15) is 59.0 Å². The second kappa shape index (κ2) is 7.08. The van der Waals surface area contributed by atoms with E-state index >= 15 is 0 Å². The van der Waals surface area contributed by atoms with Gasteiger partial charge in [-0.2, -0.15) is 0 Å². The molecule has 0 bridgehead atoms. The Labute approximate surface area is 136 Å². The number of nitrogens with zero attached hydrogens (tertiary/aromatic N) is 2. The van der Waals surface area contributed by atoms with Crippen molar-refractivity contribution in [3.63, 3.8) is 0 Å². The molecule has 0 radical (unpaired) electrons. The van der Waals surface area contributed by atoms with Crippen LogP contribution in [0.15, 0.2) is 12.3 Å². The van der Waals surface area contributed by atoms with Crippen molar-refractivity contribution in [2.75, 3.05) is 20.3 Å². The van der Waals surface area contributed by atoms with Crippen molar-refractivity contribution in [1.29, 1.82) is 0 Å². The first-order chi connectivity index (χ1) is 10.9. The van der Waals surface area contributed by atoms with E-state index in [1.165, 1.54) is 12.3 Å². The number of methoxy groups -OCH3 is 1. The highest BCUT2D eigenvalue weighted by atomic mass is 16.5. The van der Waals surface area contributed by atoms with Crippen LogP contribution >= 0.6 is 0 Å². The van der Waals surface area contributed by atoms with E-state index in [2.05, 4.69) is 11.9 Å². The number of hydrogen-bond donors (Lipinski definition) is 1. The van der Waals surface area contributed by atoms with E-state index in [0.29, 0.717) is 24.4 Å². The molecule has 6 heteroatoms. The van der Waals surface area contributed by atoms with Crippen molar-refractivity contribution in [1.82, 2.24) is 9.88 Å². The number of aromatic carboxylic acids is 1. The average Bonchev–Trinajstić information content (AvgIpc) is 2.91. The first-order valence-corrected chi connectivity index (χ1v) is 7.96. The number of rotatable bonds is 6. The van der Waals surface area contributed by atoms with Crippen LogP contribution in [0, 0.1) is 6.92 Å². The SMILES string of the molecule is CCCC1(COC)CCCN1C(=O)c1cc(C(=O)O)cnc1C. The number of aromatic nitrogens is 1. The summed E-state index contributed by atoms with van der Waals surface area (Å²) in [5, 5.41) is 9.13. The molecule has 6 nitrogen and oxygen atoms in total. The molecule has 0 saturated carbocycles. The molecule has 0 aliphatic carbocycles. The van der Waals surface area contributed by atoms with E-state index in [1.807, 2.05) is 4.90 Å². The van der Waals surface area contributed by atoms with Crippen LogP contribution in [-0.2, 0) is 4.74 Å². The van der Waals surface area contributed by atoms with Crippen LogP contribution in [0.25, 0.3) is 0 Å². The zero-order valence-electron chi connectivity index (χ0n) is 14.0. The number of amides is 1. The topological polar surface area (TPSA) is 79.7 Å². The van der Waals surface area contributed by atoms with Gasteiger partial charge in [0, 0.05) is 19.9 Å². The molecule has 126 valence electrons. The molecule has 1 aliphatic rings. The fourth-order valence-corrected chi connectivity index (χ4v) is 3.48. The van der Waals surface area contributed by atoms with Crippen molar-refractivity contribution < 1.29 is 19.4 Å². The lowest BCUT2D eigenvalue weighted by Gasteiger charge is -2.38. The lowest BCUT2D eigenvalue weighted by Crippen LogP contribution is -2.50. The van der Waals surface area contributed by atoms with Crippen molar-refractivity contribution in [3.8, 4) is 0 Å². The van der Waals surface area contributed by atoms with Crippen LogP contribution in [0.4, 0.5) is 0 Å². The molecular formula is C17H24N2O4. The fraction of sp³-hybridized carbons (Fsp3) is 0.588. The number of carboxylic acids is 1. The molecule has 23 heavy (non-hydrogen) atoms. The first-order valence-electron chi connectivity index (χ1n) is 7.96. The maximum Gasteiger partial charge on any atom is 0.337 e. The van der Waals surface area contributed by atoms with Crippen molar-refractivity contribution in [3.05, 3.63) is 29.1 Å². The minimum absolute atomic E-state index is 0.0333. The summed E-state index contributed by atoms with van der Waals surface area (Å²) in [6.45, 7) is 4.99. The molecule has 1 N–H and O–H groups in total. The molecule has 0 aromatic carbocycles. The third-order valence-electron chi connectivity index (χ3n) is 4.53. The van der Waals surface area contributed by atoms with Crippen LogP contribution in [0.3, 0.4) is 0 Å². The number of carbonyl (C=O) groups excluding carboxylic acids is 1. The molecule has 1 atom stereocenters. The van der Waals surface area contributed by atoms with Crippen molar-refractivity contribution >= 4 is 11.9 Å². The summed E-state index contributed by atoms with van der Waals surface area (Å²) in [6.07, 6.45) is 4.95. The molecule has 2 heterocycles. The Morgan fingerprint density at radius 3 is 2.83 bits per heavy atom. The number of pyridine rings is 1. The Morgan fingerprint density at radius 2 is 2.22 bits per heavy atom. The van der Waals surface area contributed by atoms with E-state index in [0.717, 1.165) is 25.7 Å². The molecule has 0 spiro atoms. The highest BCUT2D eigenvalue weighted by molar-refractivity contribution is 5.98. The summed E-state index contributed by atoms with van der Waals surface area (Å²) in [5.41, 5.74) is 0.649. The zero-order valence-corrected chi connectivity index (χ0v) is 14.0. The number of hydrogen-bond acceptors (Lipinski definition) is 4. The molecule has 1 aromatic heterocycles. The number of aryl methyl sites for hydroxylation is 1. The molecule has 1 aromatic rings. The molecule has 1 unspecified atom stereocenters. The third kappa shape index (κ3) is 3.37. The summed E-state index contributed by atoms with van der Waals surface area (Å²) in [5.74, 6) is -1.23. The van der Waals surface area contributed by atoms with Gasteiger partial charge in [0.2, 0.25) is 0 Å². The summed E-state index contributed by atoms with van der Waals surface area (Å²) >= 11 is 0. The van der Waals surface area contributed by atoms with Crippen molar-refractivity contribution in [2.45, 2.75) is 45.1 Å². The second-order valence-corrected chi connectivity index (χ2v) is 6.13. The number of likely N-dealkylation sites (tertiary alicyclic amines) is 1. The van der Waals surface area contributed by atoms with E-state index < -0.39 is 5.97 Å². The van der Waals surface area contributed by atoms with Crippen molar-refractivity contribution in [2.24, 2.45) is 0 Å². The van der Waals surface area contributed by atoms with E-state index in [9.17, 15) is 9.59 Å². The monoisotopic (exact) mass is 320 g/mol. The normalized spacial score (nSPS) is 20.7. The molecular weight excluding hydrogens is 296 g/mol. The molecule has 2 rings (SSSR count). The Hall–Kier alpha value is -1.95. The number of carboxylic acid groups (broad SMARTS) is 1. The van der Waals surface area contributed by atoms with Crippen LogP contribution < -0.4 is 0 Å². The maximum atomic E-state index is 13.0. The second-order valence-electron chi connectivity index (χ2n) is 6.13. The van der Waals surface area contributed by atoms with Crippen LogP contribution in [-0.4, -0.2) is 52.7 Å². The van der Waals surface area contributed by atoms with E-state index in [1.54, 1.807) is 14.0 Å². The van der Waals surface area contributed by atoms with Gasteiger partial charge in [-0.1, -0.05) is 13.3 Å². The molecule has 1 amide bonds. The first kappa shape index (κ1) is 17.4. The number of ether oxygens (including phenoxy) is 1. The number of carbonyl (C=O) groups is 2. The highest BCUT2D eigenvalue weighted by Crippen LogP contribution is 2.35.